The lowest BCUT2D eigenvalue weighted by molar-refractivity contribution is -0.577. The number of para-hydroxylation sites is 1. The van der Waals surface area contributed by atoms with Crippen molar-refractivity contribution >= 4 is 28.8 Å². The van der Waals surface area contributed by atoms with E-state index < -0.39 is 23.2 Å². The molecule has 0 spiro atoms. The molecule has 0 saturated carbocycles. The molecule has 4 aromatic rings. The maximum absolute atomic E-state index is 14.8. The molecule has 174 valence electrons. The highest BCUT2D eigenvalue weighted by Gasteiger charge is 2.49. The fraction of sp³-hybridized carbons (Fsp3) is 0.111. The van der Waals surface area contributed by atoms with Gasteiger partial charge in [0.05, 0.1) is 16.9 Å². The maximum Gasteiger partial charge on any atom is 0.331 e. The van der Waals surface area contributed by atoms with E-state index in [0.29, 0.717) is 11.3 Å². The second-order valence-electron chi connectivity index (χ2n) is 8.51. The Labute approximate surface area is 200 Å². The number of amides is 2. The van der Waals surface area contributed by atoms with E-state index in [-0.39, 0.29) is 22.5 Å². The largest absolute Gasteiger partial charge is 0.331 e. The molecule has 7 nitrogen and oxygen atoms in total. The van der Waals surface area contributed by atoms with E-state index in [2.05, 4.69) is 5.10 Å². The van der Waals surface area contributed by atoms with E-state index >= 15 is 0 Å². The molecule has 0 aliphatic carbocycles. The minimum Gasteiger partial charge on any atom is -0.295 e. The van der Waals surface area contributed by atoms with Gasteiger partial charge in [0.2, 0.25) is 0 Å². The van der Waals surface area contributed by atoms with Gasteiger partial charge in [-0.2, -0.15) is 4.57 Å². The molecule has 0 unspecified atom stereocenters. The normalized spacial score (nSPS) is 13.8. The SMILES string of the molecule is Cc1cc(C)c[n+](C2=C(c3c(-c4ccccc4)[nH]n(C)c3=O)C(=O)N(c3ccccc3F)C2=O)c1. The van der Waals surface area contributed by atoms with Crippen LogP contribution in [0.4, 0.5) is 10.1 Å². The van der Waals surface area contributed by atoms with Crippen molar-refractivity contribution in [3.05, 3.63) is 106 Å². The summed E-state index contributed by atoms with van der Waals surface area (Å²) in [6.07, 6.45) is 3.41. The number of imide groups is 1. The van der Waals surface area contributed by atoms with Crippen molar-refractivity contribution in [1.29, 1.82) is 0 Å². The van der Waals surface area contributed by atoms with E-state index in [4.69, 9.17) is 0 Å². The van der Waals surface area contributed by atoms with Crippen LogP contribution >= 0.6 is 0 Å². The van der Waals surface area contributed by atoms with Gasteiger partial charge in [-0.15, -0.1) is 0 Å². The fourth-order valence-electron chi connectivity index (χ4n) is 4.47. The van der Waals surface area contributed by atoms with Crippen molar-refractivity contribution in [1.82, 2.24) is 9.78 Å². The number of aromatic nitrogens is 3. The number of carbonyl (C=O) groups is 2. The van der Waals surface area contributed by atoms with E-state index in [1.807, 2.05) is 38.1 Å². The zero-order valence-corrected chi connectivity index (χ0v) is 19.4. The van der Waals surface area contributed by atoms with Crippen molar-refractivity contribution in [3.8, 4) is 11.3 Å². The van der Waals surface area contributed by atoms with Gasteiger partial charge in [0.1, 0.15) is 11.4 Å². The Kier molecular flexibility index (Phi) is 5.28. The number of aryl methyl sites for hydroxylation is 3. The Morgan fingerprint density at radius 1 is 0.857 bits per heavy atom. The molecule has 2 aromatic heterocycles. The molecule has 35 heavy (non-hydrogen) atoms. The van der Waals surface area contributed by atoms with Gasteiger partial charge < -0.3 is 0 Å². The lowest BCUT2D eigenvalue weighted by atomic mass is 10.00. The molecule has 0 atom stereocenters. The average Bonchev–Trinajstić information content (AvgIpc) is 3.26. The molecule has 8 heteroatoms. The number of benzene rings is 2. The molecule has 2 amide bonds. The quantitative estimate of drug-likeness (QED) is 0.368. The summed E-state index contributed by atoms with van der Waals surface area (Å²) < 4.78 is 17.6. The third-order valence-electron chi connectivity index (χ3n) is 5.91. The number of hydrogen-bond donors (Lipinski definition) is 1. The van der Waals surface area contributed by atoms with Crippen LogP contribution in [0.5, 0.6) is 0 Å². The molecule has 1 aliphatic rings. The first-order chi connectivity index (χ1) is 16.8. The summed E-state index contributed by atoms with van der Waals surface area (Å²) in [5.74, 6) is -2.20. The third kappa shape index (κ3) is 3.59. The summed E-state index contributed by atoms with van der Waals surface area (Å²) in [6.45, 7) is 3.73. The smallest absolute Gasteiger partial charge is 0.295 e. The van der Waals surface area contributed by atoms with Crippen molar-refractivity contribution in [2.24, 2.45) is 7.05 Å². The van der Waals surface area contributed by atoms with Gasteiger partial charge in [0.25, 0.3) is 17.2 Å². The van der Waals surface area contributed by atoms with E-state index in [1.54, 1.807) is 42.2 Å². The number of rotatable bonds is 4. The monoisotopic (exact) mass is 469 g/mol. The summed E-state index contributed by atoms with van der Waals surface area (Å²) in [6, 6.07) is 16.6. The third-order valence-corrected chi connectivity index (χ3v) is 5.91. The highest BCUT2D eigenvalue weighted by Crippen LogP contribution is 2.36. The topological polar surface area (TPSA) is 79.1 Å². The lowest BCUT2D eigenvalue weighted by Gasteiger charge is -2.14. The number of carbonyl (C=O) groups excluding carboxylic acids is 2. The van der Waals surface area contributed by atoms with E-state index in [1.165, 1.54) is 22.9 Å². The van der Waals surface area contributed by atoms with Crippen LogP contribution in [0.25, 0.3) is 22.5 Å². The molecule has 0 bridgehead atoms. The second-order valence-corrected chi connectivity index (χ2v) is 8.51. The summed E-state index contributed by atoms with van der Waals surface area (Å²) >= 11 is 0. The van der Waals surface area contributed by atoms with Crippen molar-refractivity contribution in [3.63, 3.8) is 0 Å². The summed E-state index contributed by atoms with van der Waals surface area (Å²) in [4.78, 5) is 41.8. The van der Waals surface area contributed by atoms with Crippen LogP contribution in [0.3, 0.4) is 0 Å². The molecule has 3 heterocycles. The Morgan fingerprint density at radius 2 is 1.49 bits per heavy atom. The second kappa shape index (κ2) is 8.32. The molecule has 1 aliphatic heterocycles. The Bertz CT molecular complexity index is 1580. The van der Waals surface area contributed by atoms with E-state index in [9.17, 15) is 18.8 Å². The minimum absolute atomic E-state index is 0.0149. The predicted octanol–water partition coefficient (Wildman–Crippen LogP) is 3.37. The molecule has 1 N–H and O–H groups in total. The van der Waals surface area contributed by atoms with Gasteiger partial charge in [-0.1, -0.05) is 42.5 Å². The number of H-pyrrole nitrogens is 1. The lowest BCUT2D eigenvalue weighted by Crippen LogP contribution is -2.40. The van der Waals surface area contributed by atoms with Crippen molar-refractivity contribution < 1.29 is 18.5 Å². The molecule has 2 aromatic carbocycles. The molecule has 0 fully saturated rings. The number of hydrogen-bond acceptors (Lipinski definition) is 3. The number of anilines is 1. The van der Waals surface area contributed by atoms with Gasteiger partial charge in [0.15, 0.2) is 12.4 Å². The fourth-order valence-corrected chi connectivity index (χ4v) is 4.47. The number of pyridine rings is 1. The standard InChI is InChI=1S/C27H21FN4O3/c1-16-13-17(2)15-31(14-16)24-22(26(34)32(27(24)35)20-12-8-7-11-19(20)28)21-23(29-30(3)25(21)33)18-9-5-4-6-10-18/h4-15H,1-3H3/p+1. The van der Waals surface area contributed by atoms with Crippen LogP contribution in [0.15, 0.2) is 77.9 Å². The van der Waals surface area contributed by atoms with Gasteiger partial charge in [0, 0.05) is 23.7 Å². The van der Waals surface area contributed by atoms with Gasteiger partial charge >= 0.3 is 5.91 Å². The number of aromatic amines is 1. The van der Waals surface area contributed by atoms with Crippen LogP contribution in [-0.4, -0.2) is 21.6 Å². The molecule has 0 saturated heterocycles. The summed E-state index contributed by atoms with van der Waals surface area (Å²) in [7, 11) is 1.54. The first-order valence-electron chi connectivity index (χ1n) is 11.0. The summed E-state index contributed by atoms with van der Waals surface area (Å²) in [5.41, 5.74) is 2.07. The molecule has 5 rings (SSSR count). The number of nitrogens with one attached hydrogen (secondary N) is 1. The highest BCUT2D eigenvalue weighted by atomic mass is 19.1. The first-order valence-corrected chi connectivity index (χ1v) is 11.0. The molecular weight excluding hydrogens is 447 g/mol. The zero-order chi connectivity index (χ0) is 24.9. The molecular formula is C27H22FN4O3+. The van der Waals surface area contributed by atoms with Crippen molar-refractivity contribution in [2.75, 3.05) is 4.90 Å². The zero-order valence-electron chi connectivity index (χ0n) is 19.4. The Morgan fingerprint density at radius 3 is 2.14 bits per heavy atom. The summed E-state index contributed by atoms with van der Waals surface area (Å²) in [5, 5.41) is 3.01. The van der Waals surface area contributed by atoms with E-state index in [0.717, 1.165) is 16.0 Å². The Balaban J connectivity index is 1.85. The first kappa shape index (κ1) is 22.2. The van der Waals surface area contributed by atoms with Crippen LogP contribution in [0, 0.1) is 19.7 Å². The van der Waals surface area contributed by atoms with Gasteiger partial charge in [-0.25, -0.2) is 9.29 Å². The van der Waals surface area contributed by atoms with Gasteiger partial charge in [-0.3, -0.25) is 24.2 Å². The maximum atomic E-state index is 14.8. The molecule has 0 radical (unpaired) electrons. The van der Waals surface area contributed by atoms with Crippen LogP contribution in [-0.2, 0) is 16.6 Å². The number of halogens is 1. The Hall–Kier alpha value is -4.59. The van der Waals surface area contributed by atoms with Crippen LogP contribution in [0.1, 0.15) is 16.7 Å². The van der Waals surface area contributed by atoms with Crippen molar-refractivity contribution in [2.45, 2.75) is 13.8 Å². The average molecular weight is 469 g/mol. The van der Waals surface area contributed by atoms with Gasteiger partial charge in [-0.05, 0) is 32.0 Å². The van der Waals surface area contributed by atoms with Crippen LogP contribution < -0.4 is 15.0 Å². The predicted molar refractivity (Wildman–Crippen MR) is 130 cm³/mol. The number of nitrogens with zero attached hydrogens (tertiary/aromatic N) is 3. The minimum atomic E-state index is -0.768. The highest BCUT2D eigenvalue weighted by molar-refractivity contribution is 6.53. The van der Waals surface area contributed by atoms with Crippen LogP contribution in [0.2, 0.25) is 0 Å².